The standard InChI is InChI=1S/C26H32N2O3S/c1-17(2)16-28-23(27(6)25(30)31-26(3,4)5)22(18-11-9-8-10-12-18)21-15-19(32-7)13-14-20(21)24(28)29/h8-15,17H,16H2,1-7H3. The van der Waals surface area contributed by atoms with E-state index in [1.54, 1.807) is 23.4 Å². The fourth-order valence-electron chi connectivity index (χ4n) is 3.73. The van der Waals surface area contributed by atoms with Gasteiger partial charge in [-0.05, 0) is 62.1 Å². The Morgan fingerprint density at radius 1 is 1.09 bits per heavy atom. The van der Waals surface area contributed by atoms with Crippen LogP contribution in [0.3, 0.4) is 0 Å². The molecule has 5 nitrogen and oxygen atoms in total. The van der Waals surface area contributed by atoms with E-state index >= 15 is 0 Å². The molecule has 0 aliphatic rings. The molecule has 170 valence electrons. The first kappa shape index (κ1) is 23.9. The molecule has 0 aliphatic carbocycles. The fraction of sp³-hybridized carbons (Fsp3) is 0.385. The van der Waals surface area contributed by atoms with Gasteiger partial charge in [-0.1, -0.05) is 44.2 Å². The minimum absolute atomic E-state index is 0.105. The molecule has 0 unspecified atom stereocenters. The average Bonchev–Trinajstić information content (AvgIpc) is 2.73. The van der Waals surface area contributed by atoms with Crippen molar-refractivity contribution in [2.45, 2.75) is 51.7 Å². The highest BCUT2D eigenvalue weighted by molar-refractivity contribution is 7.98. The van der Waals surface area contributed by atoms with E-state index in [1.165, 1.54) is 4.90 Å². The van der Waals surface area contributed by atoms with Crippen molar-refractivity contribution in [3.8, 4) is 11.1 Å². The molecule has 6 heteroatoms. The number of carbonyl (C=O) groups excluding carboxylic acids is 1. The van der Waals surface area contributed by atoms with Crippen LogP contribution in [0.25, 0.3) is 21.9 Å². The Labute approximate surface area is 194 Å². The second kappa shape index (κ2) is 9.41. The Bertz CT molecular complexity index is 1180. The van der Waals surface area contributed by atoms with Crippen molar-refractivity contribution >= 4 is 34.4 Å². The van der Waals surface area contributed by atoms with Gasteiger partial charge in [-0.3, -0.25) is 14.3 Å². The minimum atomic E-state index is -0.649. The van der Waals surface area contributed by atoms with Gasteiger partial charge < -0.3 is 4.74 Å². The number of amides is 1. The zero-order chi connectivity index (χ0) is 23.6. The van der Waals surface area contributed by atoms with Crippen LogP contribution in [0.2, 0.25) is 0 Å². The maximum absolute atomic E-state index is 13.7. The molecule has 0 saturated heterocycles. The van der Waals surface area contributed by atoms with E-state index < -0.39 is 11.7 Å². The van der Waals surface area contributed by atoms with E-state index in [-0.39, 0.29) is 11.5 Å². The maximum atomic E-state index is 13.7. The van der Waals surface area contributed by atoms with Gasteiger partial charge in [0.1, 0.15) is 11.4 Å². The van der Waals surface area contributed by atoms with E-state index in [1.807, 2.05) is 75.6 Å². The molecule has 0 N–H and O–H groups in total. The molecule has 32 heavy (non-hydrogen) atoms. The summed E-state index contributed by atoms with van der Waals surface area (Å²) in [5, 5.41) is 1.47. The Kier molecular flexibility index (Phi) is 7.03. The lowest BCUT2D eigenvalue weighted by Gasteiger charge is -2.29. The number of pyridine rings is 1. The van der Waals surface area contributed by atoms with Gasteiger partial charge >= 0.3 is 6.09 Å². The predicted octanol–water partition coefficient (Wildman–Crippen LogP) is 6.42. The van der Waals surface area contributed by atoms with Crippen molar-refractivity contribution in [1.29, 1.82) is 0 Å². The first-order valence-corrected chi connectivity index (χ1v) is 12.0. The van der Waals surface area contributed by atoms with Crippen LogP contribution in [0.5, 0.6) is 0 Å². The number of hydrogen-bond donors (Lipinski definition) is 0. The second-order valence-electron chi connectivity index (χ2n) is 9.33. The summed E-state index contributed by atoms with van der Waals surface area (Å²) in [5.41, 5.74) is 1.04. The summed E-state index contributed by atoms with van der Waals surface area (Å²) in [4.78, 5) is 29.3. The second-order valence-corrected chi connectivity index (χ2v) is 10.2. The molecule has 1 aromatic heterocycles. The van der Waals surface area contributed by atoms with Gasteiger partial charge in [0.15, 0.2) is 0 Å². The molecule has 1 heterocycles. The van der Waals surface area contributed by atoms with Crippen LogP contribution < -0.4 is 10.5 Å². The molecule has 0 bridgehead atoms. The molecule has 0 fully saturated rings. The van der Waals surface area contributed by atoms with Crippen molar-refractivity contribution in [3.05, 3.63) is 58.9 Å². The van der Waals surface area contributed by atoms with E-state index in [0.29, 0.717) is 17.7 Å². The van der Waals surface area contributed by atoms with Gasteiger partial charge in [0.05, 0.1) is 0 Å². The maximum Gasteiger partial charge on any atom is 0.415 e. The molecular formula is C26H32N2O3S. The third kappa shape index (κ3) is 5.01. The lowest BCUT2D eigenvalue weighted by atomic mass is 9.98. The molecule has 1 amide bonds. The lowest BCUT2D eigenvalue weighted by Crippen LogP contribution is -2.38. The van der Waals surface area contributed by atoms with Crippen molar-refractivity contribution in [2.24, 2.45) is 5.92 Å². The molecule has 3 rings (SSSR count). The van der Waals surface area contributed by atoms with Gasteiger partial charge in [-0.2, -0.15) is 0 Å². The van der Waals surface area contributed by atoms with E-state index in [2.05, 4.69) is 13.8 Å². The smallest absolute Gasteiger partial charge is 0.415 e. The van der Waals surface area contributed by atoms with Crippen LogP contribution in [0.1, 0.15) is 34.6 Å². The van der Waals surface area contributed by atoms with Crippen molar-refractivity contribution < 1.29 is 9.53 Å². The molecule has 2 aromatic carbocycles. The summed E-state index contributed by atoms with van der Waals surface area (Å²) < 4.78 is 7.39. The zero-order valence-corrected chi connectivity index (χ0v) is 20.7. The highest BCUT2D eigenvalue weighted by Crippen LogP contribution is 2.38. The largest absolute Gasteiger partial charge is 0.443 e. The van der Waals surface area contributed by atoms with Crippen LogP contribution >= 0.6 is 11.8 Å². The predicted molar refractivity (Wildman–Crippen MR) is 135 cm³/mol. The van der Waals surface area contributed by atoms with Gasteiger partial charge in [0.2, 0.25) is 0 Å². The van der Waals surface area contributed by atoms with E-state index in [4.69, 9.17) is 4.74 Å². The number of aromatic nitrogens is 1. The summed E-state index contributed by atoms with van der Waals surface area (Å²) in [7, 11) is 1.68. The molecule has 0 radical (unpaired) electrons. The molecule has 0 saturated carbocycles. The monoisotopic (exact) mass is 452 g/mol. The zero-order valence-electron chi connectivity index (χ0n) is 19.9. The number of hydrogen-bond acceptors (Lipinski definition) is 4. The highest BCUT2D eigenvalue weighted by Gasteiger charge is 2.28. The normalized spacial score (nSPS) is 11.8. The number of anilines is 1. The fourth-order valence-corrected chi connectivity index (χ4v) is 4.17. The Hall–Kier alpha value is -2.73. The highest BCUT2D eigenvalue weighted by atomic mass is 32.2. The number of rotatable bonds is 5. The first-order valence-electron chi connectivity index (χ1n) is 10.8. The number of ether oxygens (including phenoxy) is 1. The average molecular weight is 453 g/mol. The summed E-state index contributed by atoms with van der Waals surface area (Å²) >= 11 is 1.62. The summed E-state index contributed by atoms with van der Waals surface area (Å²) in [6.07, 6.45) is 1.52. The minimum Gasteiger partial charge on any atom is -0.443 e. The number of carbonyl (C=O) groups is 1. The third-order valence-corrected chi connectivity index (χ3v) is 5.77. The summed E-state index contributed by atoms with van der Waals surface area (Å²) in [6, 6.07) is 15.8. The summed E-state index contributed by atoms with van der Waals surface area (Å²) in [5.74, 6) is 0.764. The third-order valence-electron chi connectivity index (χ3n) is 5.05. The summed E-state index contributed by atoms with van der Waals surface area (Å²) in [6.45, 7) is 10.1. The van der Waals surface area contributed by atoms with Crippen LogP contribution in [-0.4, -0.2) is 29.6 Å². The van der Waals surface area contributed by atoms with Gasteiger partial charge in [0.25, 0.3) is 5.56 Å². The van der Waals surface area contributed by atoms with Gasteiger partial charge in [0, 0.05) is 29.4 Å². The van der Waals surface area contributed by atoms with Crippen LogP contribution in [0.4, 0.5) is 10.6 Å². The van der Waals surface area contributed by atoms with E-state index in [9.17, 15) is 9.59 Å². The van der Waals surface area contributed by atoms with Crippen LogP contribution in [0, 0.1) is 5.92 Å². The molecule has 0 spiro atoms. The Morgan fingerprint density at radius 3 is 2.31 bits per heavy atom. The number of fused-ring (bicyclic) bond motifs is 1. The van der Waals surface area contributed by atoms with Crippen LogP contribution in [-0.2, 0) is 11.3 Å². The van der Waals surface area contributed by atoms with Gasteiger partial charge in [-0.15, -0.1) is 11.8 Å². The molecular weight excluding hydrogens is 420 g/mol. The van der Waals surface area contributed by atoms with E-state index in [0.717, 1.165) is 21.4 Å². The molecule has 3 aromatic rings. The van der Waals surface area contributed by atoms with Crippen molar-refractivity contribution in [1.82, 2.24) is 4.57 Å². The van der Waals surface area contributed by atoms with Gasteiger partial charge in [-0.25, -0.2) is 4.79 Å². The quantitative estimate of drug-likeness (QED) is 0.419. The SMILES string of the molecule is CSc1ccc2c(=O)n(CC(C)C)c(N(C)C(=O)OC(C)(C)C)c(-c3ccccc3)c2c1. The number of nitrogens with zero attached hydrogens (tertiary/aromatic N) is 2. The van der Waals surface area contributed by atoms with Crippen molar-refractivity contribution in [3.63, 3.8) is 0 Å². The van der Waals surface area contributed by atoms with Crippen molar-refractivity contribution in [2.75, 3.05) is 18.2 Å². The number of thioether (sulfide) groups is 1. The number of benzene rings is 2. The topological polar surface area (TPSA) is 51.5 Å². The Morgan fingerprint density at radius 2 is 1.75 bits per heavy atom. The lowest BCUT2D eigenvalue weighted by molar-refractivity contribution is 0.0587. The molecule has 0 aliphatic heterocycles. The molecule has 0 atom stereocenters. The first-order chi connectivity index (χ1) is 15.0. The Balaban J connectivity index is 2.45. The van der Waals surface area contributed by atoms with Crippen LogP contribution in [0.15, 0.2) is 58.2 Å².